The van der Waals surface area contributed by atoms with Gasteiger partial charge in [-0.1, -0.05) is 30.3 Å². The van der Waals surface area contributed by atoms with Gasteiger partial charge >= 0.3 is 12.0 Å². The van der Waals surface area contributed by atoms with Crippen molar-refractivity contribution in [3.63, 3.8) is 0 Å². The van der Waals surface area contributed by atoms with Crippen LogP contribution in [0.1, 0.15) is 25.0 Å². The Kier molecular flexibility index (Phi) is 6.67. The second-order valence-electron chi connectivity index (χ2n) is 7.18. The van der Waals surface area contributed by atoms with Gasteiger partial charge in [0.25, 0.3) is 5.91 Å². The number of nitrogens with one attached hydrogen (secondary N) is 2. The molecule has 3 rings (SSSR count). The third-order valence-electron chi connectivity index (χ3n) is 4.88. The number of hydrogen-bond acceptors (Lipinski definition) is 5. The molecule has 1 saturated heterocycles. The molecule has 0 saturated carbocycles. The van der Waals surface area contributed by atoms with E-state index in [1.165, 1.54) is 31.2 Å². The van der Waals surface area contributed by atoms with E-state index in [1.54, 1.807) is 43.3 Å². The monoisotopic (exact) mass is 439 g/mol. The summed E-state index contributed by atoms with van der Waals surface area (Å²) in [4.78, 5) is 49.7. The van der Waals surface area contributed by atoms with Crippen LogP contribution in [-0.2, 0) is 24.7 Å². The normalized spacial score (nSPS) is 18.0. The second-order valence-corrected chi connectivity index (χ2v) is 7.18. The molecule has 1 atom stereocenters. The van der Waals surface area contributed by atoms with Crippen LogP contribution in [0.3, 0.4) is 0 Å². The Morgan fingerprint density at radius 1 is 1.16 bits per heavy atom. The molecule has 4 amide bonds. The SMILES string of the molecule is CCOC(=O)/C=C/c1ccc(NC(=O)CN2C(=O)NC(C)(c3ccccc3F)C2=O)cc1. The lowest BCUT2D eigenvalue weighted by molar-refractivity contribution is -0.137. The number of anilines is 1. The van der Waals surface area contributed by atoms with Gasteiger partial charge < -0.3 is 15.4 Å². The Morgan fingerprint density at radius 3 is 2.50 bits per heavy atom. The Bertz CT molecular complexity index is 1080. The molecule has 2 aromatic carbocycles. The molecule has 9 heteroatoms. The van der Waals surface area contributed by atoms with Gasteiger partial charge in [-0.25, -0.2) is 14.0 Å². The number of nitrogens with zero attached hydrogens (tertiary/aromatic N) is 1. The molecule has 0 aromatic heterocycles. The molecule has 1 aliphatic heterocycles. The van der Waals surface area contributed by atoms with Crippen molar-refractivity contribution < 1.29 is 28.3 Å². The minimum absolute atomic E-state index is 0.0210. The first kappa shape index (κ1) is 22.7. The van der Waals surface area contributed by atoms with Crippen molar-refractivity contribution in [3.8, 4) is 0 Å². The van der Waals surface area contributed by atoms with Crippen LogP contribution >= 0.6 is 0 Å². The van der Waals surface area contributed by atoms with Crippen LogP contribution in [0, 0.1) is 5.82 Å². The Labute approximate surface area is 184 Å². The predicted molar refractivity (Wildman–Crippen MR) is 115 cm³/mol. The number of imide groups is 1. The van der Waals surface area contributed by atoms with Crippen molar-refractivity contribution in [1.82, 2.24) is 10.2 Å². The maximum absolute atomic E-state index is 14.2. The number of carbonyl (C=O) groups is 4. The number of urea groups is 1. The van der Waals surface area contributed by atoms with E-state index in [9.17, 15) is 23.6 Å². The number of rotatable bonds is 7. The average molecular weight is 439 g/mol. The van der Waals surface area contributed by atoms with Gasteiger partial charge in [0.15, 0.2) is 0 Å². The third-order valence-corrected chi connectivity index (χ3v) is 4.88. The van der Waals surface area contributed by atoms with Gasteiger partial charge in [-0.3, -0.25) is 14.5 Å². The number of ether oxygens (including phenoxy) is 1. The number of benzene rings is 2. The molecule has 0 bridgehead atoms. The Balaban J connectivity index is 1.64. The predicted octanol–water partition coefficient (Wildman–Crippen LogP) is 2.81. The number of esters is 1. The molecule has 0 radical (unpaired) electrons. The molecule has 1 fully saturated rings. The van der Waals surface area contributed by atoms with E-state index in [4.69, 9.17) is 4.74 Å². The first-order chi connectivity index (χ1) is 15.2. The molecule has 0 spiro atoms. The molecular formula is C23H22FN3O5. The fraction of sp³-hybridized carbons (Fsp3) is 0.217. The van der Waals surface area contributed by atoms with Crippen molar-refractivity contribution in [1.29, 1.82) is 0 Å². The van der Waals surface area contributed by atoms with E-state index in [0.717, 1.165) is 4.90 Å². The van der Waals surface area contributed by atoms with Crippen molar-refractivity contribution in [3.05, 3.63) is 71.6 Å². The van der Waals surface area contributed by atoms with Gasteiger partial charge in [0.05, 0.1) is 6.61 Å². The third kappa shape index (κ3) is 4.83. The van der Waals surface area contributed by atoms with Crippen LogP contribution in [-0.4, -0.2) is 41.9 Å². The minimum Gasteiger partial charge on any atom is -0.463 e. The van der Waals surface area contributed by atoms with Gasteiger partial charge in [-0.05, 0) is 43.7 Å². The minimum atomic E-state index is -1.60. The summed E-state index contributed by atoms with van der Waals surface area (Å²) in [5, 5.41) is 5.07. The molecule has 1 unspecified atom stereocenters. The molecule has 0 aliphatic carbocycles. The summed E-state index contributed by atoms with van der Waals surface area (Å²) in [5.41, 5.74) is -0.430. The van der Waals surface area contributed by atoms with Crippen molar-refractivity contribution in [2.24, 2.45) is 0 Å². The van der Waals surface area contributed by atoms with E-state index in [2.05, 4.69) is 10.6 Å². The van der Waals surface area contributed by atoms with Gasteiger partial charge in [-0.15, -0.1) is 0 Å². The largest absolute Gasteiger partial charge is 0.463 e. The lowest BCUT2D eigenvalue weighted by atomic mass is 9.91. The zero-order valence-electron chi connectivity index (χ0n) is 17.6. The van der Waals surface area contributed by atoms with Gasteiger partial charge in [-0.2, -0.15) is 0 Å². The summed E-state index contributed by atoms with van der Waals surface area (Å²) in [6, 6.07) is 11.4. The highest BCUT2D eigenvalue weighted by Crippen LogP contribution is 2.30. The number of hydrogen-bond donors (Lipinski definition) is 2. The van der Waals surface area contributed by atoms with Gasteiger partial charge in [0.2, 0.25) is 5.91 Å². The van der Waals surface area contributed by atoms with Crippen LogP contribution in [0.15, 0.2) is 54.6 Å². The van der Waals surface area contributed by atoms with E-state index >= 15 is 0 Å². The van der Waals surface area contributed by atoms with Gasteiger partial charge in [0, 0.05) is 17.3 Å². The topological polar surface area (TPSA) is 105 Å². The summed E-state index contributed by atoms with van der Waals surface area (Å²) in [6.45, 7) is 2.86. The van der Waals surface area contributed by atoms with Crippen molar-refractivity contribution >= 4 is 35.6 Å². The molecule has 2 aromatic rings. The van der Waals surface area contributed by atoms with Crippen molar-refractivity contribution in [2.75, 3.05) is 18.5 Å². The number of halogens is 1. The van der Waals surface area contributed by atoms with E-state index in [0.29, 0.717) is 11.3 Å². The molecule has 32 heavy (non-hydrogen) atoms. The second kappa shape index (κ2) is 9.42. The number of amides is 4. The first-order valence-corrected chi connectivity index (χ1v) is 9.88. The van der Waals surface area contributed by atoms with Gasteiger partial charge in [0.1, 0.15) is 17.9 Å². The summed E-state index contributed by atoms with van der Waals surface area (Å²) >= 11 is 0. The average Bonchev–Trinajstić information content (AvgIpc) is 2.97. The van der Waals surface area contributed by atoms with Crippen LogP contribution in [0.4, 0.5) is 14.9 Å². The highest BCUT2D eigenvalue weighted by Gasteiger charge is 2.50. The van der Waals surface area contributed by atoms with Crippen LogP contribution < -0.4 is 10.6 Å². The summed E-state index contributed by atoms with van der Waals surface area (Å²) < 4.78 is 19.0. The van der Waals surface area contributed by atoms with Crippen LogP contribution in [0.5, 0.6) is 0 Å². The summed E-state index contributed by atoms with van der Waals surface area (Å²) in [6.07, 6.45) is 2.86. The molecule has 1 heterocycles. The van der Waals surface area contributed by atoms with Crippen LogP contribution in [0.25, 0.3) is 6.08 Å². The molecule has 166 valence electrons. The van der Waals surface area contributed by atoms with E-state index in [1.807, 2.05) is 0 Å². The zero-order valence-corrected chi connectivity index (χ0v) is 17.6. The number of carbonyl (C=O) groups excluding carboxylic acids is 4. The molecule has 1 aliphatic rings. The quantitative estimate of drug-likeness (QED) is 0.392. The Morgan fingerprint density at radius 2 is 1.84 bits per heavy atom. The lowest BCUT2D eigenvalue weighted by Gasteiger charge is -2.22. The lowest BCUT2D eigenvalue weighted by Crippen LogP contribution is -2.42. The maximum atomic E-state index is 14.2. The Hall–Kier alpha value is -4.01. The fourth-order valence-electron chi connectivity index (χ4n) is 3.27. The molecule has 8 nitrogen and oxygen atoms in total. The fourth-order valence-corrected chi connectivity index (χ4v) is 3.27. The highest BCUT2D eigenvalue weighted by molar-refractivity contribution is 6.10. The molecular weight excluding hydrogens is 417 g/mol. The van der Waals surface area contributed by atoms with E-state index in [-0.39, 0.29) is 12.2 Å². The van der Waals surface area contributed by atoms with E-state index < -0.39 is 41.7 Å². The maximum Gasteiger partial charge on any atom is 0.330 e. The van der Waals surface area contributed by atoms with Crippen molar-refractivity contribution in [2.45, 2.75) is 19.4 Å². The van der Waals surface area contributed by atoms with Crippen LogP contribution in [0.2, 0.25) is 0 Å². The molecule has 2 N–H and O–H groups in total. The summed E-state index contributed by atoms with van der Waals surface area (Å²) in [5.74, 6) is -2.41. The standard InChI is InChI=1S/C23H22FN3O5/c1-3-32-20(29)13-10-15-8-11-16(12-9-15)25-19(28)14-27-21(30)23(2,26-22(27)31)17-6-4-5-7-18(17)24/h4-13H,3,14H2,1-2H3,(H,25,28)(H,26,31)/b13-10+. The zero-order chi connectivity index (χ0) is 23.3. The smallest absolute Gasteiger partial charge is 0.330 e. The summed E-state index contributed by atoms with van der Waals surface area (Å²) in [7, 11) is 0. The first-order valence-electron chi connectivity index (χ1n) is 9.88. The highest BCUT2D eigenvalue weighted by atomic mass is 19.1.